The lowest BCUT2D eigenvalue weighted by molar-refractivity contribution is -0.131. The Kier molecular flexibility index (Phi) is 4.31. The molecule has 1 aliphatic rings. The zero-order valence-corrected chi connectivity index (χ0v) is 12.7. The van der Waals surface area contributed by atoms with Crippen molar-refractivity contribution < 1.29 is 4.79 Å². The number of carbonyl (C=O) groups excluding carboxylic acids is 1. The summed E-state index contributed by atoms with van der Waals surface area (Å²) in [4.78, 5) is 18.3. The second kappa shape index (κ2) is 5.81. The van der Waals surface area contributed by atoms with Crippen LogP contribution in [0.2, 0.25) is 0 Å². The fourth-order valence-corrected chi connectivity index (χ4v) is 2.82. The molecule has 1 amide bonds. The largest absolute Gasteiger partial charge is 0.384 e. The molecule has 0 radical (unpaired) electrons. The van der Waals surface area contributed by atoms with Crippen LogP contribution < -0.4 is 5.73 Å². The fourth-order valence-electron chi connectivity index (χ4n) is 2.82. The summed E-state index contributed by atoms with van der Waals surface area (Å²) in [6, 6.07) is 3.73. The summed E-state index contributed by atoms with van der Waals surface area (Å²) < 4.78 is 0. The quantitative estimate of drug-likeness (QED) is 0.903. The van der Waals surface area contributed by atoms with E-state index < -0.39 is 0 Å². The summed E-state index contributed by atoms with van der Waals surface area (Å²) >= 11 is 0. The minimum Gasteiger partial charge on any atom is -0.384 e. The van der Waals surface area contributed by atoms with Crippen LogP contribution in [0.1, 0.15) is 45.6 Å². The Morgan fingerprint density at radius 2 is 2.10 bits per heavy atom. The van der Waals surface area contributed by atoms with E-state index in [2.05, 4.69) is 25.8 Å². The molecule has 1 unspecified atom stereocenters. The van der Waals surface area contributed by atoms with Gasteiger partial charge in [-0.05, 0) is 35.8 Å². The summed E-state index contributed by atoms with van der Waals surface area (Å²) in [7, 11) is 0. The van der Waals surface area contributed by atoms with Crippen LogP contribution in [0, 0.1) is 11.3 Å². The Morgan fingerprint density at radius 1 is 1.35 bits per heavy atom. The summed E-state index contributed by atoms with van der Waals surface area (Å²) in [5.74, 6) is 1.39. The SMILES string of the molecule is CC(C)(C)C1CCC(=O)N(Cc2ccc(N)nc2)CC1. The standard InChI is InChI=1S/C16H25N3O/c1-16(2,3)13-5-7-15(20)19(9-8-13)11-12-4-6-14(17)18-10-12/h4,6,10,13H,5,7-9,11H2,1-3H3,(H2,17,18). The molecular weight excluding hydrogens is 250 g/mol. The zero-order valence-electron chi connectivity index (χ0n) is 12.7. The molecule has 0 aromatic carbocycles. The predicted molar refractivity (Wildman–Crippen MR) is 80.9 cm³/mol. The number of rotatable bonds is 2. The van der Waals surface area contributed by atoms with E-state index in [0.717, 1.165) is 24.9 Å². The number of likely N-dealkylation sites (tertiary alicyclic amines) is 1. The fraction of sp³-hybridized carbons (Fsp3) is 0.625. The third kappa shape index (κ3) is 3.71. The zero-order chi connectivity index (χ0) is 14.8. The van der Waals surface area contributed by atoms with E-state index in [9.17, 15) is 4.79 Å². The highest BCUT2D eigenvalue weighted by Gasteiger charge is 2.29. The number of hydrogen-bond donors (Lipinski definition) is 1. The minimum atomic E-state index is 0.258. The molecule has 4 heteroatoms. The molecule has 1 aromatic heterocycles. The van der Waals surface area contributed by atoms with Crippen LogP contribution >= 0.6 is 0 Å². The van der Waals surface area contributed by atoms with Crippen molar-refractivity contribution in [1.82, 2.24) is 9.88 Å². The van der Waals surface area contributed by atoms with Crippen LogP contribution in [0.25, 0.3) is 0 Å². The van der Waals surface area contributed by atoms with E-state index in [0.29, 0.717) is 24.7 Å². The second-order valence-electron chi connectivity index (χ2n) is 6.80. The highest BCUT2D eigenvalue weighted by molar-refractivity contribution is 5.76. The van der Waals surface area contributed by atoms with Crippen molar-refractivity contribution in [3.63, 3.8) is 0 Å². The Labute approximate surface area is 121 Å². The maximum absolute atomic E-state index is 12.2. The van der Waals surface area contributed by atoms with Crippen molar-refractivity contribution in [2.45, 2.75) is 46.6 Å². The predicted octanol–water partition coefficient (Wildman–Crippen LogP) is 2.84. The molecule has 2 rings (SSSR count). The summed E-state index contributed by atoms with van der Waals surface area (Å²) in [6.45, 7) is 8.28. The van der Waals surface area contributed by atoms with Gasteiger partial charge in [-0.15, -0.1) is 0 Å². The lowest BCUT2D eigenvalue weighted by Crippen LogP contribution is -2.30. The maximum Gasteiger partial charge on any atom is 0.222 e. The molecule has 1 aliphatic heterocycles. The van der Waals surface area contributed by atoms with Crippen molar-refractivity contribution in [2.24, 2.45) is 11.3 Å². The topological polar surface area (TPSA) is 59.2 Å². The number of pyridine rings is 1. The number of nitrogen functional groups attached to an aromatic ring is 1. The molecule has 2 heterocycles. The highest BCUT2D eigenvalue weighted by atomic mass is 16.2. The molecule has 1 aromatic rings. The Balaban J connectivity index is 2.02. The third-order valence-electron chi connectivity index (χ3n) is 4.25. The first-order valence-electron chi connectivity index (χ1n) is 7.34. The highest BCUT2D eigenvalue weighted by Crippen LogP contribution is 2.34. The van der Waals surface area contributed by atoms with Gasteiger partial charge in [0.1, 0.15) is 5.82 Å². The van der Waals surface area contributed by atoms with Gasteiger partial charge in [0, 0.05) is 25.7 Å². The van der Waals surface area contributed by atoms with E-state index in [1.807, 2.05) is 11.0 Å². The molecule has 0 saturated carbocycles. The van der Waals surface area contributed by atoms with Gasteiger partial charge in [0.15, 0.2) is 0 Å². The van der Waals surface area contributed by atoms with Crippen LogP contribution in [0.4, 0.5) is 5.82 Å². The Morgan fingerprint density at radius 3 is 2.70 bits per heavy atom. The van der Waals surface area contributed by atoms with E-state index in [-0.39, 0.29) is 11.3 Å². The Hall–Kier alpha value is -1.58. The van der Waals surface area contributed by atoms with E-state index in [4.69, 9.17) is 5.73 Å². The first-order chi connectivity index (χ1) is 9.36. The van der Waals surface area contributed by atoms with Crippen molar-refractivity contribution in [1.29, 1.82) is 0 Å². The van der Waals surface area contributed by atoms with Gasteiger partial charge >= 0.3 is 0 Å². The third-order valence-corrected chi connectivity index (χ3v) is 4.25. The average molecular weight is 275 g/mol. The molecule has 0 spiro atoms. The van der Waals surface area contributed by atoms with Gasteiger partial charge in [-0.25, -0.2) is 4.98 Å². The summed E-state index contributed by atoms with van der Waals surface area (Å²) in [6.07, 6.45) is 4.50. The minimum absolute atomic E-state index is 0.258. The number of hydrogen-bond acceptors (Lipinski definition) is 3. The summed E-state index contributed by atoms with van der Waals surface area (Å²) in [5, 5.41) is 0. The monoisotopic (exact) mass is 275 g/mol. The van der Waals surface area contributed by atoms with Crippen molar-refractivity contribution >= 4 is 11.7 Å². The number of nitrogens with two attached hydrogens (primary N) is 1. The molecule has 110 valence electrons. The van der Waals surface area contributed by atoms with Crippen LogP contribution in [-0.4, -0.2) is 22.3 Å². The molecule has 2 N–H and O–H groups in total. The lowest BCUT2D eigenvalue weighted by Gasteiger charge is -2.29. The van der Waals surface area contributed by atoms with Crippen LogP contribution in [0.3, 0.4) is 0 Å². The number of amides is 1. The van der Waals surface area contributed by atoms with Crippen molar-refractivity contribution in [3.05, 3.63) is 23.9 Å². The van der Waals surface area contributed by atoms with Gasteiger partial charge in [-0.3, -0.25) is 4.79 Å². The van der Waals surface area contributed by atoms with Crippen molar-refractivity contribution in [3.8, 4) is 0 Å². The van der Waals surface area contributed by atoms with Crippen LogP contribution in [-0.2, 0) is 11.3 Å². The first-order valence-corrected chi connectivity index (χ1v) is 7.34. The first kappa shape index (κ1) is 14.8. The van der Waals surface area contributed by atoms with Gasteiger partial charge in [-0.1, -0.05) is 26.8 Å². The molecule has 1 saturated heterocycles. The summed E-state index contributed by atoms with van der Waals surface area (Å²) in [5.41, 5.74) is 6.91. The van der Waals surface area contributed by atoms with E-state index in [1.54, 1.807) is 12.3 Å². The van der Waals surface area contributed by atoms with Crippen LogP contribution in [0.15, 0.2) is 18.3 Å². The number of carbonyl (C=O) groups is 1. The Bertz CT molecular complexity index is 462. The van der Waals surface area contributed by atoms with E-state index >= 15 is 0 Å². The molecule has 0 aliphatic carbocycles. The maximum atomic E-state index is 12.2. The molecule has 1 fully saturated rings. The van der Waals surface area contributed by atoms with Gasteiger partial charge in [0.25, 0.3) is 0 Å². The van der Waals surface area contributed by atoms with E-state index in [1.165, 1.54) is 0 Å². The number of anilines is 1. The molecule has 20 heavy (non-hydrogen) atoms. The van der Waals surface area contributed by atoms with Gasteiger partial charge in [0.2, 0.25) is 5.91 Å². The second-order valence-corrected chi connectivity index (χ2v) is 6.80. The molecule has 4 nitrogen and oxygen atoms in total. The number of aromatic nitrogens is 1. The molecular formula is C16H25N3O. The average Bonchev–Trinajstić information content (AvgIpc) is 2.55. The van der Waals surface area contributed by atoms with Gasteiger partial charge < -0.3 is 10.6 Å². The molecule has 1 atom stereocenters. The van der Waals surface area contributed by atoms with Gasteiger partial charge in [0.05, 0.1) is 0 Å². The van der Waals surface area contributed by atoms with Gasteiger partial charge in [-0.2, -0.15) is 0 Å². The van der Waals surface area contributed by atoms with Crippen molar-refractivity contribution in [2.75, 3.05) is 12.3 Å². The number of nitrogens with zero attached hydrogens (tertiary/aromatic N) is 2. The smallest absolute Gasteiger partial charge is 0.222 e. The normalized spacial score (nSPS) is 20.9. The lowest BCUT2D eigenvalue weighted by atomic mass is 9.77. The molecule has 0 bridgehead atoms. The van der Waals surface area contributed by atoms with Crippen LogP contribution in [0.5, 0.6) is 0 Å².